The summed E-state index contributed by atoms with van der Waals surface area (Å²) in [5.74, 6) is -1.26. The molecule has 0 heterocycles. The topological polar surface area (TPSA) is 209 Å². The van der Waals surface area contributed by atoms with E-state index < -0.39 is 11.9 Å². The van der Waals surface area contributed by atoms with E-state index in [1.54, 1.807) is 13.8 Å². The van der Waals surface area contributed by atoms with E-state index in [1.165, 1.54) is 12.1 Å². The molecule has 0 unspecified atom stereocenters. The summed E-state index contributed by atoms with van der Waals surface area (Å²) in [6.45, 7) is 3.25. The number of carbonyl (C=O) groups is 2. The van der Waals surface area contributed by atoms with Crippen molar-refractivity contribution < 1.29 is 19.1 Å². The first-order chi connectivity index (χ1) is 15.0. The van der Waals surface area contributed by atoms with Gasteiger partial charge in [-0.05, 0) is 45.1 Å². The number of nitrogens with two attached hydrogens (primary N) is 6. The van der Waals surface area contributed by atoms with Crippen molar-refractivity contribution in [1.82, 2.24) is 0 Å². The van der Waals surface area contributed by atoms with Crippen LogP contribution in [0.25, 0.3) is 0 Å². The standard InChI is InChI=1S/C22H30N6O4/c1-9-17(22(30)32-16-8-14(25)18(26)10(2)20(16)28)13(24)7-15(19(9)27)31-21(29)11-3-5-12(23)6-4-11/h7-8,11-12H,3-6,23-28H2,1-2H3. The fraction of sp³-hybridized carbons (Fsp3) is 0.364. The molecule has 1 fully saturated rings. The molecular formula is C22H30N6O4. The second-order valence-electron chi connectivity index (χ2n) is 8.22. The Morgan fingerprint density at radius 1 is 0.781 bits per heavy atom. The number of anilines is 5. The van der Waals surface area contributed by atoms with E-state index in [4.69, 9.17) is 43.9 Å². The second-order valence-corrected chi connectivity index (χ2v) is 8.22. The van der Waals surface area contributed by atoms with Crippen molar-refractivity contribution in [3.05, 3.63) is 28.8 Å². The Kier molecular flexibility index (Phi) is 6.35. The third kappa shape index (κ3) is 4.35. The molecule has 172 valence electrons. The zero-order chi connectivity index (χ0) is 23.7. The maximum atomic E-state index is 12.9. The molecular weight excluding hydrogens is 412 g/mol. The largest absolute Gasteiger partial charge is 0.424 e. The molecule has 1 saturated carbocycles. The second kappa shape index (κ2) is 8.83. The Morgan fingerprint density at radius 2 is 1.31 bits per heavy atom. The van der Waals surface area contributed by atoms with Crippen molar-refractivity contribution in [2.45, 2.75) is 45.6 Å². The smallest absolute Gasteiger partial charge is 0.346 e. The van der Waals surface area contributed by atoms with E-state index in [2.05, 4.69) is 0 Å². The lowest BCUT2D eigenvalue weighted by Crippen LogP contribution is -2.31. The van der Waals surface area contributed by atoms with E-state index in [-0.39, 0.29) is 51.8 Å². The highest BCUT2D eigenvalue weighted by Crippen LogP contribution is 2.37. The fourth-order valence-corrected chi connectivity index (χ4v) is 3.81. The quantitative estimate of drug-likeness (QED) is 0.230. The average Bonchev–Trinajstić information content (AvgIpc) is 2.74. The highest BCUT2D eigenvalue weighted by molar-refractivity contribution is 6.01. The van der Waals surface area contributed by atoms with Crippen LogP contribution in [0.4, 0.5) is 28.4 Å². The number of carbonyl (C=O) groups excluding carboxylic acids is 2. The summed E-state index contributed by atoms with van der Waals surface area (Å²) in [4.78, 5) is 25.4. The minimum atomic E-state index is -0.777. The molecule has 0 radical (unpaired) electrons. The number of benzene rings is 2. The minimum Gasteiger partial charge on any atom is -0.424 e. The molecule has 0 spiro atoms. The van der Waals surface area contributed by atoms with Crippen molar-refractivity contribution in [3.8, 4) is 11.5 Å². The molecule has 3 rings (SSSR count). The van der Waals surface area contributed by atoms with Crippen molar-refractivity contribution in [2.75, 3.05) is 28.7 Å². The highest BCUT2D eigenvalue weighted by atomic mass is 16.5. The summed E-state index contributed by atoms with van der Waals surface area (Å²) < 4.78 is 10.9. The van der Waals surface area contributed by atoms with Crippen molar-refractivity contribution in [2.24, 2.45) is 11.7 Å². The van der Waals surface area contributed by atoms with Gasteiger partial charge in [-0.2, -0.15) is 0 Å². The van der Waals surface area contributed by atoms with Gasteiger partial charge in [-0.3, -0.25) is 4.79 Å². The lowest BCUT2D eigenvalue weighted by molar-refractivity contribution is -0.140. The van der Waals surface area contributed by atoms with Gasteiger partial charge in [0.25, 0.3) is 0 Å². The van der Waals surface area contributed by atoms with Gasteiger partial charge in [0, 0.05) is 23.7 Å². The fourth-order valence-electron chi connectivity index (χ4n) is 3.81. The van der Waals surface area contributed by atoms with Crippen LogP contribution < -0.4 is 43.9 Å². The number of nitrogen functional groups attached to an aromatic ring is 5. The lowest BCUT2D eigenvalue weighted by Gasteiger charge is -2.25. The van der Waals surface area contributed by atoms with Crippen LogP contribution in [0, 0.1) is 19.8 Å². The summed E-state index contributed by atoms with van der Waals surface area (Å²) >= 11 is 0. The molecule has 12 N–H and O–H groups in total. The Balaban J connectivity index is 1.84. The van der Waals surface area contributed by atoms with Crippen LogP contribution in [0.3, 0.4) is 0 Å². The van der Waals surface area contributed by atoms with Crippen molar-refractivity contribution in [1.29, 1.82) is 0 Å². The number of hydrogen-bond donors (Lipinski definition) is 6. The SMILES string of the molecule is Cc1c(N)c(N)cc(OC(=O)c2c(N)cc(OC(=O)C3CCC(N)CC3)c(N)c2C)c1N. The van der Waals surface area contributed by atoms with E-state index >= 15 is 0 Å². The van der Waals surface area contributed by atoms with Gasteiger partial charge in [0.15, 0.2) is 11.5 Å². The van der Waals surface area contributed by atoms with Crippen molar-refractivity contribution in [3.63, 3.8) is 0 Å². The van der Waals surface area contributed by atoms with Crippen LogP contribution in [0.15, 0.2) is 12.1 Å². The van der Waals surface area contributed by atoms with Crippen LogP contribution in [0.5, 0.6) is 11.5 Å². The van der Waals surface area contributed by atoms with Gasteiger partial charge in [0.1, 0.15) is 0 Å². The number of rotatable bonds is 4. The Morgan fingerprint density at radius 3 is 1.94 bits per heavy atom. The molecule has 0 amide bonds. The summed E-state index contributed by atoms with van der Waals surface area (Å²) in [5.41, 5.74) is 37.6. The van der Waals surface area contributed by atoms with Gasteiger partial charge < -0.3 is 43.9 Å². The Labute approximate surface area is 186 Å². The van der Waals surface area contributed by atoms with E-state index in [0.29, 0.717) is 29.7 Å². The van der Waals surface area contributed by atoms with Gasteiger partial charge in [0.05, 0.1) is 39.9 Å². The molecule has 1 aliphatic rings. The molecule has 0 bridgehead atoms. The molecule has 0 aromatic heterocycles. The third-order valence-electron chi connectivity index (χ3n) is 6.01. The van der Waals surface area contributed by atoms with E-state index in [1.807, 2.05) is 0 Å². The van der Waals surface area contributed by atoms with Gasteiger partial charge >= 0.3 is 11.9 Å². The van der Waals surface area contributed by atoms with Crippen molar-refractivity contribution >= 4 is 40.4 Å². The van der Waals surface area contributed by atoms with Gasteiger partial charge in [-0.25, -0.2) is 4.79 Å². The molecule has 1 aliphatic carbocycles. The highest BCUT2D eigenvalue weighted by Gasteiger charge is 2.28. The summed E-state index contributed by atoms with van der Waals surface area (Å²) in [6.07, 6.45) is 2.84. The molecule has 32 heavy (non-hydrogen) atoms. The summed E-state index contributed by atoms with van der Waals surface area (Å²) in [6, 6.07) is 2.83. The molecule has 10 heteroatoms. The van der Waals surface area contributed by atoms with Crippen LogP contribution in [0.1, 0.15) is 47.2 Å². The number of hydrogen-bond acceptors (Lipinski definition) is 10. The molecule has 0 atom stereocenters. The number of ether oxygens (including phenoxy) is 2. The summed E-state index contributed by atoms with van der Waals surface area (Å²) in [5, 5.41) is 0. The van der Waals surface area contributed by atoms with Crippen LogP contribution >= 0.6 is 0 Å². The monoisotopic (exact) mass is 442 g/mol. The van der Waals surface area contributed by atoms with Crippen LogP contribution in [0.2, 0.25) is 0 Å². The molecule has 10 nitrogen and oxygen atoms in total. The predicted octanol–water partition coefficient (Wildman–Crippen LogP) is 1.86. The maximum Gasteiger partial charge on any atom is 0.346 e. The molecule has 0 aliphatic heterocycles. The first-order valence-corrected chi connectivity index (χ1v) is 10.3. The van der Waals surface area contributed by atoms with Crippen LogP contribution in [-0.2, 0) is 4.79 Å². The first-order valence-electron chi connectivity index (χ1n) is 10.3. The molecule has 2 aromatic carbocycles. The Hall–Kier alpha value is -3.66. The van der Waals surface area contributed by atoms with E-state index in [9.17, 15) is 9.59 Å². The lowest BCUT2D eigenvalue weighted by atomic mass is 9.86. The number of esters is 2. The molecule has 2 aromatic rings. The predicted molar refractivity (Wildman–Crippen MR) is 125 cm³/mol. The van der Waals surface area contributed by atoms with Gasteiger partial charge in [-0.15, -0.1) is 0 Å². The maximum absolute atomic E-state index is 12.9. The average molecular weight is 443 g/mol. The Bertz CT molecular complexity index is 1080. The molecule has 0 saturated heterocycles. The summed E-state index contributed by atoms with van der Waals surface area (Å²) in [7, 11) is 0. The van der Waals surface area contributed by atoms with Crippen LogP contribution in [-0.4, -0.2) is 18.0 Å². The minimum absolute atomic E-state index is 0.0402. The van der Waals surface area contributed by atoms with E-state index in [0.717, 1.165) is 12.8 Å². The zero-order valence-corrected chi connectivity index (χ0v) is 18.2. The first kappa shape index (κ1) is 23.0. The third-order valence-corrected chi connectivity index (χ3v) is 6.01. The normalized spacial score (nSPS) is 18.2. The van der Waals surface area contributed by atoms with Gasteiger partial charge in [-0.1, -0.05) is 0 Å². The van der Waals surface area contributed by atoms with Gasteiger partial charge in [0.2, 0.25) is 0 Å². The zero-order valence-electron chi connectivity index (χ0n) is 18.2.